The molecule has 4 rings (SSSR count). The van der Waals surface area contributed by atoms with Crippen LogP contribution in [0.25, 0.3) is 0 Å². The molecule has 1 aromatic rings. The van der Waals surface area contributed by atoms with E-state index in [0.717, 1.165) is 44.5 Å². The van der Waals surface area contributed by atoms with Crippen molar-refractivity contribution < 1.29 is 9.53 Å². The molecule has 3 nitrogen and oxygen atoms in total. The third-order valence-corrected chi connectivity index (χ3v) is 4.93. The van der Waals surface area contributed by atoms with Gasteiger partial charge in [-0.15, -0.1) is 0 Å². The molecule has 1 amide bonds. The molecule has 2 aliphatic carbocycles. The van der Waals surface area contributed by atoms with Crippen molar-refractivity contribution in [3.8, 4) is 5.75 Å². The monoisotopic (exact) mass is 271 g/mol. The number of carbonyl (C=O) groups is 1. The van der Waals surface area contributed by atoms with Crippen molar-refractivity contribution in [3.05, 3.63) is 29.3 Å². The molecule has 0 bridgehead atoms. The van der Waals surface area contributed by atoms with Gasteiger partial charge in [-0.3, -0.25) is 4.79 Å². The van der Waals surface area contributed by atoms with Crippen LogP contribution in [0.1, 0.15) is 42.7 Å². The van der Waals surface area contributed by atoms with Gasteiger partial charge in [0.25, 0.3) is 0 Å². The fourth-order valence-electron chi connectivity index (χ4n) is 3.49. The molecule has 3 heteroatoms. The van der Waals surface area contributed by atoms with Crippen LogP contribution in [-0.4, -0.2) is 30.5 Å². The molecule has 106 valence electrons. The second-order valence-corrected chi connectivity index (χ2v) is 6.41. The number of rotatable bonds is 3. The Morgan fingerprint density at radius 1 is 1.35 bits per heavy atom. The van der Waals surface area contributed by atoms with Gasteiger partial charge in [-0.05, 0) is 49.3 Å². The predicted octanol–water partition coefficient (Wildman–Crippen LogP) is 2.74. The zero-order chi connectivity index (χ0) is 13.7. The fraction of sp³-hybridized carbons (Fsp3) is 0.588. The number of nitrogens with zero attached hydrogens (tertiary/aromatic N) is 1. The summed E-state index contributed by atoms with van der Waals surface area (Å²) < 4.78 is 5.75. The number of carbonyl (C=O) groups excluding carboxylic acids is 1. The first-order valence-corrected chi connectivity index (χ1v) is 7.77. The number of fused-ring (bicyclic) bond motifs is 1. The Bertz CT molecular complexity index is 550. The van der Waals surface area contributed by atoms with Gasteiger partial charge in [-0.2, -0.15) is 0 Å². The van der Waals surface area contributed by atoms with Gasteiger partial charge in [-0.25, -0.2) is 0 Å². The van der Waals surface area contributed by atoms with Gasteiger partial charge in [0, 0.05) is 24.9 Å². The zero-order valence-electron chi connectivity index (χ0n) is 12.0. The molecule has 2 atom stereocenters. The Hall–Kier alpha value is -1.51. The number of benzene rings is 1. The second kappa shape index (κ2) is 4.51. The van der Waals surface area contributed by atoms with Crippen LogP contribution in [0.4, 0.5) is 0 Å². The lowest BCUT2D eigenvalue weighted by Gasteiger charge is -2.22. The first kappa shape index (κ1) is 12.2. The smallest absolute Gasteiger partial charge is 0.225 e. The normalized spacial score (nSPS) is 27.4. The number of hydrogen-bond donors (Lipinski definition) is 0. The molecule has 2 unspecified atom stereocenters. The third-order valence-electron chi connectivity index (χ3n) is 4.93. The van der Waals surface area contributed by atoms with Gasteiger partial charge < -0.3 is 9.64 Å². The minimum absolute atomic E-state index is 0.328. The molecule has 2 fully saturated rings. The topological polar surface area (TPSA) is 29.5 Å². The van der Waals surface area contributed by atoms with Crippen molar-refractivity contribution >= 4 is 5.91 Å². The average molecular weight is 271 g/mol. The van der Waals surface area contributed by atoms with E-state index >= 15 is 0 Å². The van der Waals surface area contributed by atoms with Gasteiger partial charge in [0.1, 0.15) is 5.75 Å². The molecule has 0 saturated heterocycles. The fourth-order valence-corrected chi connectivity index (χ4v) is 3.49. The van der Waals surface area contributed by atoms with Crippen molar-refractivity contribution in [2.75, 3.05) is 13.7 Å². The highest BCUT2D eigenvalue weighted by atomic mass is 16.5. The maximum absolute atomic E-state index is 12.2. The van der Waals surface area contributed by atoms with Crippen molar-refractivity contribution in [2.45, 2.75) is 44.1 Å². The highest BCUT2D eigenvalue weighted by molar-refractivity contribution is 5.81. The van der Waals surface area contributed by atoms with Crippen LogP contribution in [-0.2, 0) is 11.2 Å². The lowest BCUT2D eigenvalue weighted by atomic mass is 9.96. The molecule has 1 aromatic carbocycles. The van der Waals surface area contributed by atoms with Crippen LogP contribution in [0.3, 0.4) is 0 Å². The molecule has 1 heterocycles. The average Bonchev–Trinajstić information content (AvgIpc) is 3.38. The lowest BCUT2D eigenvalue weighted by molar-refractivity contribution is -0.131. The molecule has 0 spiro atoms. The molecule has 20 heavy (non-hydrogen) atoms. The molecule has 0 radical (unpaired) electrons. The van der Waals surface area contributed by atoms with Crippen LogP contribution in [0.2, 0.25) is 0 Å². The summed E-state index contributed by atoms with van der Waals surface area (Å²) in [5.74, 6) is 2.28. The number of hydrogen-bond acceptors (Lipinski definition) is 2. The predicted molar refractivity (Wildman–Crippen MR) is 76.9 cm³/mol. The molecule has 3 aliphatic rings. The van der Waals surface area contributed by atoms with Crippen LogP contribution >= 0.6 is 0 Å². The van der Waals surface area contributed by atoms with Crippen molar-refractivity contribution in [2.24, 2.45) is 5.92 Å². The quantitative estimate of drug-likeness (QED) is 0.846. The van der Waals surface area contributed by atoms with E-state index in [1.165, 1.54) is 11.1 Å². The van der Waals surface area contributed by atoms with E-state index in [-0.39, 0.29) is 0 Å². The zero-order valence-corrected chi connectivity index (χ0v) is 12.0. The van der Waals surface area contributed by atoms with Gasteiger partial charge >= 0.3 is 0 Å². The standard InChI is InChI=1S/C17H21NO2/c1-18(17(19)11-7-8-11)15-10-14(15)12-4-2-6-16-13(12)5-3-9-20-16/h2,4,6,11,14-15H,3,5,7-10H2,1H3. The Balaban J connectivity index is 1.53. The van der Waals surface area contributed by atoms with E-state index in [4.69, 9.17) is 4.74 Å². The molecule has 1 aliphatic heterocycles. The highest BCUT2D eigenvalue weighted by Crippen LogP contribution is 2.48. The Morgan fingerprint density at radius 3 is 3.00 bits per heavy atom. The van der Waals surface area contributed by atoms with Crippen LogP contribution in [0, 0.1) is 5.92 Å². The van der Waals surface area contributed by atoms with Gasteiger partial charge in [0.05, 0.1) is 6.61 Å². The maximum atomic E-state index is 12.2. The van der Waals surface area contributed by atoms with E-state index in [1.54, 1.807) is 0 Å². The summed E-state index contributed by atoms with van der Waals surface area (Å²) in [6.07, 6.45) is 5.53. The summed E-state index contributed by atoms with van der Waals surface area (Å²) in [5, 5.41) is 0. The Kier molecular flexibility index (Phi) is 2.76. The summed E-state index contributed by atoms with van der Waals surface area (Å²) in [4.78, 5) is 14.2. The molecular formula is C17H21NO2. The van der Waals surface area contributed by atoms with Crippen LogP contribution in [0.15, 0.2) is 18.2 Å². The van der Waals surface area contributed by atoms with Crippen LogP contribution < -0.4 is 4.74 Å². The summed E-state index contributed by atoms with van der Waals surface area (Å²) >= 11 is 0. The van der Waals surface area contributed by atoms with E-state index in [9.17, 15) is 4.79 Å². The maximum Gasteiger partial charge on any atom is 0.225 e. The first-order valence-electron chi connectivity index (χ1n) is 7.77. The van der Waals surface area contributed by atoms with Gasteiger partial charge in [0.15, 0.2) is 0 Å². The van der Waals surface area contributed by atoms with E-state index < -0.39 is 0 Å². The second-order valence-electron chi connectivity index (χ2n) is 6.41. The van der Waals surface area contributed by atoms with Gasteiger partial charge in [0.2, 0.25) is 5.91 Å². The SMILES string of the molecule is CN(C(=O)C1CC1)C1CC1c1cccc2c1CCCO2. The number of likely N-dealkylation sites (N-methyl/N-ethyl adjacent to an activating group) is 1. The molecule has 0 aromatic heterocycles. The van der Waals surface area contributed by atoms with E-state index in [0.29, 0.717) is 23.8 Å². The van der Waals surface area contributed by atoms with Crippen molar-refractivity contribution in [1.82, 2.24) is 4.90 Å². The number of amides is 1. The summed E-state index contributed by atoms with van der Waals surface area (Å²) in [6, 6.07) is 6.82. The van der Waals surface area contributed by atoms with Crippen molar-refractivity contribution in [3.63, 3.8) is 0 Å². The van der Waals surface area contributed by atoms with E-state index in [2.05, 4.69) is 18.2 Å². The Labute approximate surface area is 119 Å². The number of ether oxygens (including phenoxy) is 1. The van der Waals surface area contributed by atoms with Crippen molar-refractivity contribution in [1.29, 1.82) is 0 Å². The molecule has 0 N–H and O–H groups in total. The molecular weight excluding hydrogens is 250 g/mol. The summed E-state index contributed by atoms with van der Waals surface area (Å²) in [7, 11) is 1.98. The minimum Gasteiger partial charge on any atom is -0.493 e. The largest absolute Gasteiger partial charge is 0.493 e. The van der Waals surface area contributed by atoms with Gasteiger partial charge in [-0.1, -0.05) is 12.1 Å². The lowest BCUT2D eigenvalue weighted by Crippen LogP contribution is -2.31. The first-order chi connectivity index (χ1) is 9.75. The summed E-state index contributed by atoms with van der Waals surface area (Å²) in [5.41, 5.74) is 2.81. The van der Waals surface area contributed by atoms with E-state index in [1.807, 2.05) is 11.9 Å². The molecule has 2 saturated carbocycles. The van der Waals surface area contributed by atoms with Crippen LogP contribution in [0.5, 0.6) is 5.75 Å². The third kappa shape index (κ3) is 2.00. The summed E-state index contributed by atoms with van der Waals surface area (Å²) in [6.45, 7) is 0.838. The Morgan fingerprint density at radius 2 is 2.20 bits per heavy atom. The highest BCUT2D eigenvalue weighted by Gasteiger charge is 2.46. The minimum atomic E-state index is 0.328.